The molecule has 0 fully saturated rings. The fourth-order valence-electron chi connectivity index (χ4n) is 2.00. The lowest BCUT2D eigenvalue weighted by atomic mass is 10.2. The molecule has 0 aliphatic heterocycles. The van der Waals surface area contributed by atoms with Crippen molar-refractivity contribution in [3.05, 3.63) is 33.4 Å². The van der Waals surface area contributed by atoms with E-state index in [1.54, 1.807) is 12.1 Å². The van der Waals surface area contributed by atoms with E-state index in [1.165, 1.54) is 0 Å². The number of nitrogens with one attached hydrogen (secondary N) is 2. The Morgan fingerprint density at radius 3 is 2.52 bits per heavy atom. The van der Waals surface area contributed by atoms with Crippen LogP contribution in [0.3, 0.4) is 0 Å². The molecule has 136 valence electrons. The molecule has 0 unspecified atom stereocenters. The summed E-state index contributed by atoms with van der Waals surface area (Å²) < 4.78 is 9.96. The fraction of sp³-hybridized carbons (Fsp3) is 0.400. The third-order valence-electron chi connectivity index (χ3n) is 3.06. The average Bonchev–Trinajstić information content (AvgIpc) is 2.96. The Balaban J connectivity index is 1.78. The van der Waals surface area contributed by atoms with Gasteiger partial charge in [-0.05, 0) is 41.9 Å². The van der Waals surface area contributed by atoms with E-state index in [0.29, 0.717) is 35.4 Å². The molecule has 1 aromatic carbocycles. The first-order valence-corrected chi connectivity index (χ1v) is 8.35. The first-order valence-electron chi connectivity index (χ1n) is 7.60. The van der Waals surface area contributed by atoms with Gasteiger partial charge >= 0.3 is 0 Å². The highest BCUT2D eigenvalue weighted by molar-refractivity contribution is 6.37. The zero-order chi connectivity index (χ0) is 18.4. The van der Waals surface area contributed by atoms with E-state index in [9.17, 15) is 4.79 Å². The Hall–Kier alpha value is -2.03. The number of carbonyl (C=O) groups is 1. The summed E-state index contributed by atoms with van der Waals surface area (Å²) in [6, 6.07) is 3.58. The highest BCUT2D eigenvalue weighted by Crippen LogP contribution is 2.34. The lowest BCUT2D eigenvalue weighted by molar-refractivity contribution is 0.0944. The molecule has 1 amide bonds. The second-order valence-corrected chi connectivity index (χ2v) is 6.30. The number of nitrogens with zero attached hydrogens (tertiary/aromatic N) is 2. The first kappa shape index (κ1) is 19.3. The monoisotopic (exact) mass is 387 g/mol. The minimum Gasteiger partial charge on any atom is -0.488 e. The maximum Gasteiger partial charge on any atom is 0.277 e. The number of anilines is 1. The van der Waals surface area contributed by atoms with Gasteiger partial charge in [0.1, 0.15) is 0 Å². The van der Waals surface area contributed by atoms with Crippen molar-refractivity contribution in [1.29, 1.82) is 0 Å². The molecule has 2 aromatic rings. The lowest BCUT2D eigenvalue weighted by Gasteiger charge is -2.14. The summed E-state index contributed by atoms with van der Waals surface area (Å²) in [6.45, 7) is 5.24. The van der Waals surface area contributed by atoms with E-state index in [0.717, 1.165) is 5.56 Å². The van der Waals surface area contributed by atoms with Crippen LogP contribution < -0.4 is 21.1 Å². The highest BCUT2D eigenvalue weighted by Gasteiger charge is 2.15. The van der Waals surface area contributed by atoms with Crippen LogP contribution >= 0.6 is 23.2 Å². The topological polar surface area (TPSA) is 115 Å². The predicted molar refractivity (Wildman–Crippen MR) is 95.0 cm³/mol. The number of aromatic nitrogens is 2. The van der Waals surface area contributed by atoms with Crippen molar-refractivity contribution in [2.75, 3.05) is 18.8 Å². The average molecular weight is 388 g/mol. The molecule has 8 nitrogen and oxygen atoms in total. The number of carbonyl (C=O) groups excluding carboxylic acids is 1. The fourth-order valence-corrected chi connectivity index (χ4v) is 2.62. The Morgan fingerprint density at radius 1 is 1.28 bits per heavy atom. The SMILES string of the molecule is CC(C)Oc1c(Cl)cc(CNCCNC(=O)c2nonc2N)cc1Cl. The largest absolute Gasteiger partial charge is 0.488 e. The van der Waals surface area contributed by atoms with Gasteiger partial charge in [-0.15, -0.1) is 0 Å². The van der Waals surface area contributed by atoms with Crippen molar-refractivity contribution in [3.8, 4) is 5.75 Å². The molecule has 25 heavy (non-hydrogen) atoms. The van der Waals surface area contributed by atoms with Crippen LogP contribution in [0.2, 0.25) is 10.0 Å². The number of halogens is 2. The number of ether oxygens (including phenoxy) is 1. The molecule has 1 aromatic heterocycles. The van der Waals surface area contributed by atoms with Crippen LogP contribution in [0, 0.1) is 0 Å². The molecule has 0 atom stereocenters. The number of benzene rings is 1. The van der Waals surface area contributed by atoms with Crippen LogP contribution in [0.25, 0.3) is 0 Å². The maximum atomic E-state index is 11.7. The number of nitrogens with two attached hydrogens (primary N) is 1. The van der Waals surface area contributed by atoms with Crippen LogP contribution in [-0.4, -0.2) is 35.4 Å². The summed E-state index contributed by atoms with van der Waals surface area (Å²) in [5.74, 6) is -0.00608. The van der Waals surface area contributed by atoms with Crippen LogP contribution in [0.5, 0.6) is 5.75 Å². The molecule has 1 heterocycles. The minimum absolute atomic E-state index is 0.0171. The molecule has 4 N–H and O–H groups in total. The number of amides is 1. The van der Waals surface area contributed by atoms with Gasteiger partial charge in [-0.2, -0.15) is 0 Å². The Bertz CT molecular complexity index is 713. The van der Waals surface area contributed by atoms with Crippen LogP contribution in [-0.2, 0) is 6.54 Å². The predicted octanol–water partition coefficient (Wildman–Crippen LogP) is 2.27. The van der Waals surface area contributed by atoms with E-state index in [4.69, 9.17) is 33.7 Å². The molecule has 10 heteroatoms. The summed E-state index contributed by atoms with van der Waals surface area (Å²) in [7, 11) is 0. The molecule has 0 aliphatic carbocycles. The molecule has 0 spiro atoms. The van der Waals surface area contributed by atoms with Crippen molar-refractivity contribution in [2.45, 2.75) is 26.5 Å². The molecule has 0 radical (unpaired) electrons. The summed E-state index contributed by atoms with van der Waals surface area (Å²) >= 11 is 12.4. The Morgan fingerprint density at radius 2 is 1.96 bits per heavy atom. The van der Waals surface area contributed by atoms with Crippen molar-refractivity contribution in [3.63, 3.8) is 0 Å². The second-order valence-electron chi connectivity index (χ2n) is 5.49. The van der Waals surface area contributed by atoms with Gasteiger partial charge in [0.2, 0.25) is 11.5 Å². The van der Waals surface area contributed by atoms with Crippen molar-refractivity contribution >= 4 is 34.9 Å². The zero-order valence-corrected chi connectivity index (χ0v) is 15.3. The lowest BCUT2D eigenvalue weighted by Crippen LogP contribution is -2.32. The van der Waals surface area contributed by atoms with E-state index >= 15 is 0 Å². The molecule has 0 saturated heterocycles. The van der Waals surface area contributed by atoms with Gasteiger partial charge in [0.25, 0.3) is 5.91 Å². The number of nitrogen functional groups attached to an aromatic ring is 1. The van der Waals surface area contributed by atoms with Gasteiger partial charge in [0, 0.05) is 19.6 Å². The molecule has 0 aliphatic rings. The summed E-state index contributed by atoms with van der Waals surface area (Å²) in [5.41, 5.74) is 6.32. The molecule has 0 saturated carbocycles. The van der Waals surface area contributed by atoms with Gasteiger partial charge in [-0.1, -0.05) is 23.2 Å². The van der Waals surface area contributed by atoms with Crippen LogP contribution in [0.1, 0.15) is 29.9 Å². The quantitative estimate of drug-likeness (QED) is 0.594. The van der Waals surface area contributed by atoms with Crippen molar-refractivity contribution in [2.24, 2.45) is 0 Å². The van der Waals surface area contributed by atoms with Crippen LogP contribution in [0.15, 0.2) is 16.8 Å². The van der Waals surface area contributed by atoms with E-state index < -0.39 is 5.91 Å². The first-order chi connectivity index (χ1) is 11.9. The van der Waals surface area contributed by atoms with Gasteiger partial charge in [-0.3, -0.25) is 4.79 Å². The van der Waals surface area contributed by atoms with Gasteiger partial charge in [0.15, 0.2) is 5.75 Å². The minimum atomic E-state index is -0.443. The van der Waals surface area contributed by atoms with Crippen molar-refractivity contribution in [1.82, 2.24) is 20.9 Å². The maximum absolute atomic E-state index is 11.7. The molecule has 2 rings (SSSR count). The van der Waals surface area contributed by atoms with Crippen molar-refractivity contribution < 1.29 is 14.2 Å². The highest BCUT2D eigenvalue weighted by atomic mass is 35.5. The second kappa shape index (κ2) is 8.89. The smallest absolute Gasteiger partial charge is 0.277 e. The Labute approximate surface area is 155 Å². The zero-order valence-electron chi connectivity index (χ0n) is 13.8. The van der Waals surface area contributed by atoms with E-state index in [1.807, 2.05) is 13.8 Å². The van der Waals surface area contributed by atoms with Gasteiger partial charge in [-0.25, -0.2) is 4.63 Å². The van der Waals surface area contributed by atoms with Gasteiger partial charge < -0.3 is 21.1 Å². The molecule has 0 bridgehead atoms. The van der Waals surface area contributed by atoms with E-state index in [-0.39, 0.29) is 17.6 Å². The summed E-state index contributed by atoms with van der Waals surface area (Å²) in [4.78, 5) is 11.7. The summed E-state index contributed by atoms with van der Waals surface area (Å²) in [5, 5.41) is 13.5. The van der Waals surface area contributed by atoms with Crippen LogP contribution in [0.4, 0.5) is 5.82 Å². The Kier molecular flexibility index (Phi) is 6.86. The number of hydrogen-bond acceptors (Lipinski definition) is 7. The third-order valence-corrected chi connectivity index (χ3v) is 3.62. The third kappa shape index (κ3) is 5.48. The van der Waals surface area contributed by atoms with E-state index in [2.05, 4.69) is 25.6 Å². The van der Waals surface area contributed by atoms with Gasteiger partial charge in [0.05, 0.1) is 16.1 Å². The number of hydrogen-bond donors (Lipinski definition) is 3. The molecular weight excluding hydrogens is 369 g/mol. The normalized spacial score (nSPS) is 10.9. The molecular formula is C15H19Cl2N5O3. The number of rotatable bonds is 8. The summed E-state index contributed by atoms with van der Waals surface area (Å²) in [6.07, 6.45) is -0.0171. The standard InChI is InChI=1S/C15H19Cl2N5O3/c1-8(2)24-13-10(16)5-9(6-11(13)17)7-19-3-4-20-15(23)12-14(18)22-25-21-12/h5-6,8,19H,3-4,7H2,1-2H3,(H2,18,22)(H,20,23).